The summed E-state index contributed by atoms with van der Waals surface area (Å²) in [4.78, 5) is 2.58. The van der Waals surface area contributed by atoms with Gasteiger partial charge in [-0.2, -0.15) is 0 Å². The summed E-state index contributed by atoms with van der Waals surface area (Å²) in [6.07, 6.45) is 0.941. The predicted molar refractivity (Wildman–Crippen MR) is 51.0 cm³/mol. The van der Waals surface area contributed by atoms with Crippen LogP contribution in [0.1, 0.15) is 28.7 Å². The SMILES string of the molecule is CCC#Cc1sc(C)cc1C. The highest BCUT2D eigenvalue weighted by molar-refractivity contribution is 7.12. The van der Waals surface area contributed by atoms with E-state index in [1.54, 1.807) is 11.3 Å². The van der Waals surface area contributed by atoms with Gasteiger partial charge in [0.2, 0.25) is 0 Å². The van der Waals surface area contributed by atoms with Gasteiger partial charge in [0.1, 0.15) is 0 Å². The van der Waals surface area contributed by atoms with Gasteiger partial charge in [-0.25, -0.2) is 0 Å². The van der Waals surface area contributed by atoms with Crippen molar-refractivity contribution in [3.8, 4) is 11.8 Å². The lowest BCUT2D eigenvalue weighted by Crippen LogP contribution is -1.68. The summed E-state index contributed by atoms with van der Waals surface area (Å²) in [6.45, 7) is 6.31. The molecule has 0 saturated heterocycles. The van der Waals surface area contributed by atoms with Crippen LogP contribution in [0.25, 0.3) is 0 Å². The van der Waals surface area contributed by atoms with E-state index in [0.717, 1.165) is 6.42 Å². The maximum absolute atomic E-state index is 3.15. The minimum absolute atomic E-state index is 0.941. The lowest BCUT2D eigenvalue weighted by Gasteiger charge is -1.82. The monoisotopic (exact) mass is 164 g/mol. The van der Waals surface area contributed by atoms with E-state index in [4.69, 9.17) is 0 Å². The van der Waals surface area contributed by atoms with Gasteiger partial charge < -0.3 is 0 Å². The van der Waals surface area contributed by atoms with Crippen LogP contribution in [0.4, 0.5) is 0 Å². The third-order valence-corrected chi connectivity index (χ3v) is 2.49. The Hall–Kier alpha value is -0.740. The molecule has 0 nitrogen and oxygen atoms in total. The van der Waals surface area contributed by atoms with Gasteiger partial charge in [0.05, 0.1) is 4.88 Å². The van der Waals surface area contributed by atoms with Crippen LogP contribution in [0.5, 0.6) is 0 Å². The second kappa shape index (κ2) is 3.59. The first-order valence-electron chi connectivity index (χ1n) is 3.80. The standard InChI is InChI=1S/C10H12S/c1-4-5-6-10-8(2)7-9(3)11-10/h7H,4H2,1-3H3. The third-order valence-electron chi connectivity index (χ3n) is 1.42. The first-order valence-corrected chi connectivity index (χ1v) is 4.61. The lowest BCUT2D eigenvalue weighted by atomic mass is 10.3. The van der Waals surface area contributed by atoms with Gasteiger partial charge in [0.25, 0.3) is 0 Å². The van der Waals surface area contributed by atoms with Gasteiger partial charge in [-0.1, -0.05) is 18.8 Å². The summed E-state index contributed by atoms with van der Waals surface area (Å²) >= 11 is 1.78. The zero-order valence-corrected chi connectivity index (χ0v) is 8.01. The third kappa shape index (κ3) is 2.10. The van der Waals surface area contributed by atoms with Gasteiger partial charge in [0, 0.05) is 11.3 Å². The Morgan fingerprint density at radius 3 is 2.64 bits per heavy atom. The minimum Gasteiger partial charge on any atom is -0.132 e. The van der Waals surface area contributed by atoms with E-state index in [0.29, 0.717) is 0 Å². The predicted octanol–water partition coefficient (Wildman–Crippen LogP) is 3.13. The number of aryl methyl sites for hydroxylation is 2. The highest BCUT2D eigenvalue weighted by Crippen LogP contribution is 2.19. The molecular formula is C10H12S. The van der Waals surface area contributed by atoms with Gasteiger partial charge in [-0.15, -0.1) is 11.3 Å². The van der Waals surface area contributed by atoms with E-state index < -0.39 is 0 Å². The normalized spacial score (nSPS) is 9.00. The first-order chi connectivity index (χ1) is 5.24. The summed E-state index contributed by atoms with van der Waals surface area (Å²) < 4.78 is 0. The molecule has 1 rings (SSSR count). The van der Waals surface area contributed by atoms with E-state index in [-0.39, 0.29) is 0 Å². The highest BCUT2D eigenvalue weighted by atomic mass is 32.1. The van der Waals surface area contributed by atoms with Crippen molar-refractivity contribution in [2.45, 2.75) is 27.2 Å². The van der Waals surface area contributed by atoms with Crippen LogP contribution in [0, 0.1) is 25.7 Å². The van der Waals surface area contributed by atoms with Crippen LogP contribution >= 0.6 is 11.3 Å². The summed E-state index contributed by atoms with van der Waals surface area (Å²) in [7, 11) is 0. The quantitative estimate of drug-likeness (QED) is 0.517. The molecule has 1 heterocycles. The average Bonchev–Trinajstić information content (AvgIpc) is 2.26. The molecule has 0 N–H and O–H groups in total. The highest BCUT2D eigenvalue weighted by Gasteiger charge is 1.97. The molecule has 1 heteroatoms. The molecule has 0 aromatic carbocycles. The first kappa shape index (κ1) is 8.36. The van der Waals surface area contributed by atoms with E-state index >= 15 is 0 Å². The fourth-order valence-corrected chi connectivity index (χ4v) is 1.83. The van der Waals surface area contributed by atoms with Crippen LogP contribution in [-0.2, 0) is 0 Å². The Kier molecular flexibility index (Phi) is 2.73. The van der Waals surface area contributed by atoms with Crippen molar-refractivity contribution in [1.29, 1.82) is 0 Å². The second-order valence-corrected chi connectivity index (χ2v) is 3.78. The van der Waals surface area contributed by atoms with Crippen LogP contribution in [0.3, 0.4) is 0 Å². The van der Waals surface area contributed by atoms with Crippen molar-refractivity contribution in [3.63, 3.8) is 0 Å². The molecule has 0 amide bonds. The summed E-state index contributed by atoms with van der Waals surface area (Å²) in [5, 5.41) is 0. The molecule has 1 aromatic rings. The molecule has 58 valence electrons. The Labute approximate surface area is 72.3 Å². The number of rotatable bonds is 0. The summed E-state index contributed by atoms with van der Waals surface area (Å²) in [6, 6.07) is 2.18. The van der Waals surface area contributed by atoms with Crippen LogP contribution in [0.2, 0.25) is 0 Å². The van der Waals surface area contributed by atoms with Crippen molar-refractivity contribution in [3.05, 3.63) is 21.4 Å². The van der Waals surface area contributed by atoms with E-state index in [2.05, 4.69) is 38.7 Å². The van der Waals surface area contributed by atoms with E-state index in [1.165, 1.54) is 15.3 Å². The van der Waals surface area contributed by atoms with Gasteiger partial charge >= 0.3 is 0 Å². The largest absolute Gasteiger partial charge is 0.132 e. The van der Waals surface area contributed by atoms with Gasteiger partial charge in [0.15, 0.2) is 0 Å². The minimum atomic E-state index is 0.941. The summed E-state index contributed by atoms with van der Waals surface area (Å²) in [5.41, 5.74) is 1.31. The fourth-order valence-electron chi connectivity index (χ4n) is 0.934. The molecule has 0 bridgehead atoms. The Morgan fingerprint density at radius 2 is 2.18 bits per heavy atom. The van der Waals surface area contributed by atoms with Crippen molar-refractivity contribution < 1.29 is 0 Å². The molecule has 0 atom stereocenters. The Bertz CT molecular complexity index is 296. The van der Waals surface area contributed by atoms with Gasteiger partial charge in [-0.05, 0) is 25.5 Å². The maximum Gasteiger partial charge on any atom is 0.0800 e. The number of hydrogen-bond donors (Lipinski definition) is 0. The molecule has 11 heavy (non-hydrogen) atoms. The molecule has 0 aliphatic carbocycles. The lowest BCUT2D eigenvalue weighted by molar-refractivity contribution is 1.28. The fraction of sp³-hybridized carbons (Fsp3) is 0.400. The van der Waals surface area contributed by atoms with Crippen LogP contribution in [-0.4, -0.2) is 0 Å². The second-order valence-electron chi connectivity index (χ2n) is 2.52. The average molecular weight is 164 g/mol. The molecular weight excluding hydrogens is 152 g/mol. The molecule has 1 aromatic heterocycles. The van der Waals surface area contributed by atoms with Crippen LogP contribution < -0.4 is 0 Å². The molecule has 0 fully saturated rings. The topological polar surface area (TPSA) is 0 Å². The zero-order chi connectivity index (χ0) is 8.27. The van der Waals surface area contributed by atoms with E-state index in [9.17, 15) is 0 Å². The smallest absolute Gasteiger partial charge is 0.0800 e. The van der Waals surface area contributed by atoms with Crippen molar-refractivity contribution >= 4 is 11.3 Å². The van der Waals surface area contributed by atoms with Crippen molar-refractivity contribution in [2.75, 3.05) is 0 Å². The van der Waals surface area contributed by atoms with Crippen molar-refractivity contribution in [1.82, 2.24) is 0 Å². The molecule has 0 aliphatic rings. The number of hydrogen-bond acceptors (Lipinski definition) is 1. The van der Waals surface area contributed by atoms with Crippen LogP contribution in [0.15, 0.2) is 6.07 Å². The van der Waals surface area contributed by atoms with Crippen molar-refractivity contribution in [2.24, 2.45) is 0 Å². The Balaban J connectivity index is 2.94. The van der Waals surface area contributed by atoms with Gasteiger partial charge in [-0.3, -0.25) is 0 Å². The molecule has 0 spiro atoms. The molecule has 0 radical (unpaired) electrons. The Morgan fingerprint density at radius 1 is 1.45 bits per heavy atom. The molecule has 0 aliphatic heterocycles. The maximum atomic E-state index is 3.15. The molecule has 0 unspecified atom stereocenters. The number of thiophene rings is 1. The van der Waals surface area contributed by atoms with E-state index in [1.807, 2.05) is 0 Å². The zero-order valence-electron chi connectivity index (χ0n) is 7.19. The summed E-state index contributed by atoms with van der Waals surface area (Å²) in [5.74, 6) is 6.23. The molecule has 0 saturated carbocycles.